The molecule has 0 bridgehead atoms. The summed E-state index contributed by atoms with van der Waals surface area (Å²) >= 11 is 2.94. The molecule has 0 saturated heterocycles. The molecule has 0 aliphatic heterocycles. The highest BCUT2D eigenvalue weighted by molar-refractivity contribution is 7.98. The minimum absolute atomic E-state index is 0.201. The number of aryl methyl sites for hydroxylation is 3. The van der Waals surface area contributed by atoms with E-state index in [1.54, 1.807) is 5.38 Å². The van der Waals surface area contributed by atoms with Gasteiger partial charge in [-0.1, -0.05) is 30.0 Å². The fourth-order valence-corrected chi connectivity index (χ4v) is 4.37. The zero-order valence-corrected chi connectivity index (χ0v) is 17.4. The Balaban J connectivity index is 1.41. The predicted molar refractivity (Wildman–Crippen MR) is 114 cm³/mol. The number of benzene rings is 2. The SMILES string of the molecule is Cc1ccc(NC(=O)c2csc(CSc3nc4c(C)cccc4o3)n2)cc1C. The van der Waals surface area contributed by atoms with Crippen LogP contribution in [0.4, 0.5) is 5.69 Å². The van der Waals surface area contributed by atoms with Crippen LogP contribution in [-0.2, 0) is 5.75 Å². The van der Waals surface area contributed by atoms with Crippen LogP contribution in [0.3, 0.4) is 0 Å². The molecular weight excluding hydrogens is 390 g/mol. The number of aromatic nitrogens is 2. The van der Waals surface area contributed by atoms with E-state index in [0.717, 1.165) is 32.9 Å². The van der Waals surface area contributed by atoms with Crippen LogP contribution in [0.15, 0.2) is 51.4 Å². The average Bonchev–Trinajstić information content (AvgIpc) is 3.30. The summed E-state index contributed by atoms with van der Waals surface area (Å²) in [5.74, 6) is 0.404. The zero-order valence-electron chi connectivity index (χ0n) is 15.8. The fourth-order valence-electron chi connectivity index (χ4n) is 2.75. The molecule has 2 aromatic carbocycles. The average molecular weight is 410 g/mol. The van der Waals surface area contributed by atoms with Crippen molar-refractivity contribution in [2.45, 2.75) is 31.7 Å². The number of fused-ring (bicyclic) bond motifs is 1. The number of amides is 1. The first-order chi connectivity index (χ1) is 13.5. The van der Waals surface area contributed by atoms with Gasteiger partial charge in [0.25, 0.3) is 11.1 Å². The first-order valence-electron chi connectivity index (χ1n) is 8.81. The minimum Gasteiger partial charge on any atom is -0.431 e. The second-order valence-electron chi connectivity index (χ2n) is 6.57. The number of hydrogen-bond donors (Lipinski definition) is 1. The Morgan fingerprint density at radius 1 is 1.11 bits per heavy atom. The van der Waals surface area contributed by atoms with E-state index in [4.69, 9.17) is 4.42 Å². The van der Waals surface area contributed by atoms with Crippen LogP contribution in [0.5, 0.6) is 0 Å². The molecule has 4 aromatic rings. The maximum absolute atomic E-state index is 12.4. The number of nitrogens with one attached hydrogen (secondary N) is 1. The topological polar surface area (TPSA) is 68.0 Å². The third kappa shape index (κ3) is 3.95. The molecule has 2 aromatic heterocycles. The van der Waals surface area contributed by atoms with Crippen molar-refractivity contribution in [3.05, 3.63) is 69.2 Å². The number of para-hydroxylation sites is 1. The Labute approximate surface area is 171 Å². The standard InChI is InChI=1S/C21H19N3O2S2/c1-12-7-8-15(9-14(12)3)22-20(25)16-10-27-18(23-16)11-28-21-24-19-13(2)5-4-6-17(19)26-21/h4-10H,11H2,1-3H3,(H,22,25). The number of thiazole rings is 1. The molecule has 0 aliphatic rings. The summed E-state index contributed by atoms with van der Waals surface area (Å²) in [6.07, 6.45) is 0. The van der Waals surface area contributed by atoms with Gasteiger partial charge in [-0.05, 0) is 55.7 Å². The van der Waals surface area contributed by atoms with Crippen LogP contribution in [0.1, 0.15) is 32.2 Å². The van der Waals surface area contributed by atoms with Gasteiger partial charge in [0.15, 0.2) is 5.58 Å². The van der Waals surface area contributed by atoms with E-state index >= 15 is 0 Å². The molecule has 0 radical (unpaired) electrons. The van der Waals surface area contributed by atoms with E-state index in [9.17, 15) is 4.79 Å². The highest BCUT2D eigenvalue weighted by atomic mass is 32.2. The molecule has 7 heteroatoms. The fraction of sp³-hybridized carbons (Fsp3) is 0.190. The summed E-state index contributed by atoms with van der Waals surface area (Å²) < 4.78 is 5.77. The van der Waals surface area contributed by atoms with E-state index in [1.807, 2.05) is 57.2 Å². The van der Waals surface area contributed by atoms with Gasteiger partial charge in [0.2, 0.25) is 0 Å². The van der Waals surface area contributed by atoms with E-state index in [-0.39, 0.29) is 5.91 Å². The van der Waals surface area contributed by atoms with Gasteiger partial charge in [-0.2, -0.15) is 0 Å². The van der Waals surface area contributed by atoms with Crippen molar-refractivity contribution in [3.63, 3.8) is 0 Å². The number of nitrogens with zero attached hydrogens (tertiary/aromatic N) is 2. The highest BCUT2D eigenvalue weighted by Gasteiger charge is 2.13. The molecule has 4 rings (SSSR count). The molecule has 0 saturated carbocycles. The summed E-state index contributed by atoms with van der Waals surface area (Å²) in [6, 6.07) is 11.7. The molecule has 0 atom stereocenters. The van der Waals surface area contributed by atoms with Gasteiger partial charge < -0.3 is 9.73 Å². The van der Waals surface area contributed by atoms with Gasteiger partial charge >= 0.3 is 0 Å². The number of oxazole rings is 1. The van der Waals surface area contributed by atoms with Crippen molar-refractivity contribution >= 4 is 45.8 Å². The molecule has 0 unspecified atom stereocenters. The summed E-state index contributed by atoms with van der Waals surface area (Å²) in [7, 11) is 0. The zero-order chi connectivity index (χ0) is 19.7. The van der Waals surface area contributed by atoms with Crippen LogP contribution in [0, 0.1) is 20.8 Å². The molecule has 1 N–H and O–H groups in total. The monoisotopic (exact) mass is 409 g/mol. The molecule has 0 aliphatic carbocycles. The van der Waals surface area contributed by atoms with Gasteiger partial charge in [0.05, 0.1) is 5.75 Å². The number of carbonyl (C=O) groups excluding carboxylic acids is 1. The molecule has 0 fully saturated rings. The second kappa shape index (κ2) is 7.77. The first-order valence-corrected chi connectivity index (χ1v) is 10.7. The molecule has 28 heavy (non-hydrogen) atoms. The Bertz CT molecular complexity index is 1160. The summed E-state index contributed by atoms with van der Waals surface area (Å²) in [6.45, 7) is 6.08. The lowest BCUT2D eigenvalue weighted by molar-refractivity contribution is 0.102. The van der Waals surface area contributed by atoms with Gasteiger partial charge in [0.1, 0.15) is 16.2 Å². The molecule has 2 heterocycles. The van der Waals surface area contributed by atoms with Crippen LogP contribution < -0.4 is 5.32 Å². The van der Waals surface area contributed by atoms with E-state index in [2.05, 4.69) is 15.3 Å². The van der Waals surface area contributed by atoms with Crippen molar-refractivity contribution in [2.75, 3.05) is 5.32 Å². The van der Waals surface area contributed by atoms with Crippen molar-refractivity contribution in [3.8, 4) is 0 Å². The third-order valence-electron chi connectivity index (χ3n) is 4.47. The molecule has 5 nitrogen and oxygen atoms in total. The number of carbonyl (C=O) groups is 1. The van der Waals surface area contributed by atoms with Crippen molar-refractivity contribution in [2.24, 2.45) is 0 Å². The molecule has 0 spiro atoms. The normalized spacial score (nSPS) is 11.1. The van der Waals surface area contributed by atoms with E-state index in [1.165, 1.54) is 28.7 Å². The Morgan fingerprint density at radius 3 is 2.75 bits per heavy atom. The van der Waals surface area contributed by atoms with Crippen LogP contribution in [0.2, 0.25) is 0 Å². The van der Waals surface area contributed by atoms with Crippen LogP contribution >= 0.6 is 23.1 Å². The van der Waals surface area contributed by atoms with E-state index < -0.39 is 0 Å². The van der Waals surface area contributed by atoms with Gasteiger partial charge in [0, 0.05) is 11.1 Å². The second-order valence-corrected chi connectivity index (χ2v) is 8.44. The smallest absolute Gasteiger partial charge is 0.275 e. The first kappa shape index (κ1) is 18.7. The lowest BCUT2D eigenvalue weighted by Crippen LogP contribution is -2.12. The lowest BCUT2D eigenvalue weighted by Gasteiger charge is -2.06. The van der Waals surface area contributed by atoms with E-state index in [0.29, 0.717) is 16.7 Å². The summed E-state index contributed by atoms with van der Waals surface area (Å²) in [5.41, 5.74) is 6.30. The van der Waals surface area contributed by atoms with Crippen molar-refractivity contribution in [1.82, 2.24) is 9.97 Å². The Hall–Kier alpha value is -2.64. The maximum Gasteiger partial charge on any atom is 0.275 e. The van der Waals surface area contributed by atoms with Crippen LogP contribution in [-0.4, -0.2) is 15.9 Å². The quantitative estimate of drug-likeness (QED) is 0.425. The number of thioether (sulfide) groups is 1. The minimum atomic E-state index is -0.201. The molecular formula is C21H19N3O2S2. The number of hydrogen-bond acceptors (Lipinski definition) is 6. The summed E-state index contributed by atoms with van der Waals surface area (Å²) in [5, 5.41) is 6.15. The van der Waals surface area contributed by atoms with Crippen molar-refractivity contribution in [1.29, 1.82) is 0 Å². The Kier molecular flexibility index (Phi) is 5.19. The highest BCUT2D eigenvalue weighted by Crippen LogP contribution is 2.28. The number of anilines is 1. The van der Waals surface area contributed by atoms with Gasteiger partial charge in [-0.15, -0.1) is 11.3 Å². The largest absolute Gasteiger partial charge is 0.431 e. The molecule has 142 valence electrons. The lowest BCUT2D eigenvalue weighted by atomic mass is 10.1. The number of rotatable bonds is 5. The summed E-state index contributed by atoms with van der Waals surface area (Å²) in [4.78, 5) is 21.4. The van der Waals surface area contributed by atoms with Crippen LogP contribution in [0.25, 0.3) is 11.1 Å². The predicted octanol–water partition coefficient (Wildman–Crippen LogP) is 5.75. The van der Waals surface area contributed by atoms with Crippen molar-refractivity contribution < 1.29 is 9.21 Å². The third-order valence-corrected chi connectivity index (χ3v) is 6.34. The maximum atomic E-state index is 12.4. The van der Waals surface area contributed by atoms with Gasteiger partial charge in [-0.3, -0.25) is 4.79 Å². The Morgan fingerprint density at radius 2 is 1.96 bits per heavy atom. The van der Waals surface area contributed by atoms with Gasteiger partial charge in [-0.25, -0.2) is 9.97 Å². The molecule has 1 amide bonds.